The number of halogens is 1. The van der Waals surface area contributed by atoms with Crippen molar-refractivity contribution in [1.82, 2.24) is 10.3 Å². The Morgan fingerprint density at radius 3 is 2.72 bits per heavy atom. The second-order valence-electron chi connectivity index (χ2n) is 7.47. The molecule has 4 rings (SSSR count). The number of nitriles is 1. The van der Waals surface area contributed by atoms with Crippen molar-refractivity contribution in [2.75, 3.05) is 0 Å². The first-order valence-electron chi connectivity index (χ1n) is 10.1. The molecule has 0 radical (unpaired) electrons. The summed E-state index contributed by atoms with van der Waals surface area (Å²) < 4.78 is 20.0. The molecule has 0 aliphatic heterocycles. The molecule has 3 aromatic carbocycles. The van der Waals surface area contributed by atoms with Gasteiger partial charge in [0.05, 0.1) is 11.1 Å². The lowest BCUT2D eigenvalue weighted by atomic mass is 10.1. The predicted octanol–water partition coefficient (Wildman–Crippen LogP) is 5.58. The minimum absolute atomic E-state index is 0.0282. The highest BCUT2D eigenvalue weighted by Gasteiger charge is 2.14. The molecular formula is C26H20FN3O2. The van der Waals surface area contributed by atoms with Crippen molar-refractivity contribution in [2.24, 2.45) is 0 Å². The molecule has 158 valence electrons. The zero-order valence-electron chi connectivity index (χ0n) is 17.6. The summed E-state index contributed by atoms with van der Waals surface area (Å²) in [7, 11) is 0. The van der Waals surface area contributed by atoms with E-state index in [0.29, 0.717) is 28.2 Å². The Labute approximate surface area is 185 Å². The summed E-state index contributed by atoms with van der Waals surface area (Å²) in [6, 6.07) is 19.1. The van der Waals surface area contributed by atoms with E-state index in [1.807, 2.05) is 38.1 Å². The lowest BCUT2D eigenvalue weighted by Crippen LogP contribution is -2.23. The van der Waals surface area contributed by atoms with Crippen molar-refractivity contribution in [1.29, 1.82) is 5.26 Å². The van der Waals surface area contributed by atoms with E-state index in [2.05, 4.69) is 10.3 Å². The van der Waals surface area contributed by atoms with Crippen LogP contribution < -0.4 is 10.1 Å². The van der Waals surface area contributed by atoms with E-state index in [-0.39, 0.29) is 18.0 Å². The molecule has 1 N–H and O–H groups in total. The van der Waals surface area contributed by atoms with Crippen molar-refractivity contribution < 1.29 is 13.9 Å². The summed E-state index contributed by atoms with van der Waals surface area (Å²) in [5.41, 5.74) is 3.64. The molecule has 0 saturated heterocycles. The fraction of sp³-hybridized carbons (Fsp3) is 0.115. The lowest BCUT2D eigenvalue weighted by Gasteiger charge is -2.14. The van der Waals surface area contributed by atoms with Crippen LogP contribution in [0.4, 0.5) is 4.39 Å². The summed E-state index contributed by atoms with van der Waals surface area (Å²) >= 11 is 0. The molecule has 4 aromatic rings. The summed E-state index contributed by atoms with van der Waals surface area (Å²) in [4.78, 5) is 17.2. The van der Waals surface area contributed by atoms with E-state index in [4.69, 9.17) is 10.00 Å². The third-order valence-corrected chi connectivity index (χ3v) is 5.21. The molecular weight excluding hydrogens is 405 g/mol. The second kappa shape index (κ2) is 8.86. The van der Waals surface area contributed by atoms with Gasteiger partial charge in [0.15, 0.2) is 0 Å². The van der Waals surface area contributed by atoms with Gasteiger partial charge in [0, 0.05) is 29.3 Å². The summed E-state index contributed by atoms with van der Waals surface area (Å²) in [6.07, 6.45) is 1.69. The Bertz CT molecular complexity index is 1380. The Morgan fingerprint density at radius 1 is 1.09 bits per heavy atom. The number of benzene rings is 3. The minimum atomic E-state index is -0.606. The monoisotopic (exact) mass is 425 g/mol. The van der Waals surface area contributed by atoms with Crippen LogP contribution in [0.2, 0.25) is 0 Å². The van der Waals surface area contributed by atoms with Crippen LogP contribution in [0.1, 0.15) is 32.6 Å². The maximum Gasteiger partial charge on any atom is 0.251 e. The molecule has 0 bridgehead atoms. The average Bonchev–Trinajstić information content (AvgIpc) is 2.79. The van der Waals surface area contributed by atoms with Gasteiger partial charge in [-0.05, 0) is 67.4 Å². The van der Waals surface area contributed by atoms with E-state index in [9.17, 15) is 9.18 Å². The standard InChI is InChI=1S/C26H20FN3O2/c1-16-6-9-21-23(12-16)29-11-10-25(21)32-24-5-3-4-20(17(24)2)26(31)30-15-18-7-8-19(14-28)22(27)13-18/h3-13H,15H2,1-2H3,(H,30,31). The van der Waals surface area contributed by atoms with Crippen LogP contribution in [-0.4, -0.2) is 10.9 Å². The molecule has 6 heteroatoms. The normalized spacial score (nSPS) is 10.6. The molecule has 32 heavy (non-hydrogen) atoms. The number of aryl methyl sites for hydroxylation is 1. The van der Waals surface area contributed by atoms with Crippen LogP contribution in [0.15, 0.2) is 66.9 Å². The van der Waals surface area contributed by atoms with Crippen molar-refractivity contribution in [3.8, 4) is 17.6 Å². The summed E-state index contributed by atoms with van der Waals surface area (Å²) in [5.74, 6) is 0.317. The molecule has 1 heterocycles. The van der Waals surface area contributed by atoms with E-state index in [1.54, 1.807) is 36.5 Å². The molecule has 0 aliphatic rings. The van der Waals surface area contributed by atoms with Gasteiger partial charge >= 0.3 is 0 Å². The predicted molar refractivity (Wildman–Crippen MR) is 120 cm³/mol. The number of rotatable bonds is 5. The highest BCUT2D eigenvalue weighted by molar-refractivity contribution is 5.96. The first-order valence-corrected chi connectivity index (χ1v) is 10.1. The number of nitrogens with one attached hydrogen (secondary N) is 1. The van der Waals surface area contributed by atoms with Gasteiger partial charge in [-0.2, -0.15) is 5.26 Å². The van der Waals surface area contributed by atoms with E-state index in [1.165, 1.54) is 12.1 Å². The zero-order chi connectivity index (χ0) is 22.7. The fourth-order valence-corrected chi connectivity index (χ4v) is 3.45. The molecule has 1 amide bonds. The van der Waals surface area contributed by atoms with Gasteiger partial charge in [-0.25, -0.2) is 4.39 Å². The number of hydrogen-bond acceptors (Lipinski definition) is 4. The highest BCUT2D eigenvalue weighted by atomic mass is 19.1. The number of hydrogen-bond donors (Lipinski definition) is 1. The van der Waals surface area contributed by atoms with Crippen LogP contribution in [0.5, 0.6) is 11.5 Å². The largest absolute Gasteiger partial charge is 0.456 e. The number of ether oxygens (including phenoxy) is 1. The first-order chi connectivity index (χ1) is 15.5. The van der Waals surface area contributed by atoms with Crippen LogP contribution in [0.3, 0.4) is 0 Å². The molecule has 0 atom stereocenters. The Balaban J connectivity index is 1.54. The number of amides is 1. The van der Waals surface area contributed by atoms with Gasteiger partial charge in [-0.1, -0.05) is 18.2 Å². The van der Waals surface area contributed by atoms with Gasteiger partial charge < -0.3 is 10.1 Å². The SMILES string of the molecule is Cc1ccc2c(Oc3cccc(C(=O)NCc4ccc(C#N)c(F)c4)c3C)ccnc2c1. The fourth-order valence-electron chi connectivity index (χ4n) is 3.45. The third-order valence-electron chi connectivity index (χ3n) is 5.21. The number of pyridine rings is 1. The average molecular weight is 425 g/mol. The van der Waals surface area contributed by atoms with Gasteiger partial charge in [0.1, 0.15) is 23.4 Å². The van der Waals surface area contributed by atoms with Gasteiger partial charge in [-0.15, -0.1) is 0 Å². The molecule has 0 spiro atoms. The van der Waals surface area contributed by atoms with Crippen molar-refractivity contribution in [3.05, 3.63) is 100 Å². The van der Waals surface area contributed by atoms with Crippen LogP contribution in [0, 0.1) is 31.0 Å². The summed E-state index contributed by atoms with van der Waals surface area (Å²) in [5, 5.41) is 12.5. The lowest BCUT2D eigenvalue weighted by molar-refractivity contribution is 0.0950. The number of fused-ring (bicyclic) bond motifs is 1. The first kappa shape index (κ1) is 21.0. The number of nitrogens with zero attached hydrogens (tertiary/aromatic N) is 2. The number of carbonyl (C=O) groups excluding carboxylic acids is 1. The highest BCUT2D eigenvalue weighted by Crippen LogP contribution is 2.32. The molecule has 0 saturated carbocycles. The van der Waals surface area contributed by atoms with Crippen molar-refractivity contribution in [2.45, 2.75) is 20.4 Å². The van der Waals surface area contributed by atoms with E-state index >= 15 is 0 Å². The smallest absolute Gasteiger partial charge is 0.251 e. The quantitative estimate of drug-likeness (QED) is 0.453. The molecule has 0 fully saturated rings. The van der Waals surface area contributed by atoms with E-state index in [0.717, 1.165) is 16.5 Å². The third kappa shape index (κ3) is 4.28. The second-order valence-corrected chi connectivity index (χ2v) is 7.47. The van der Waals surface area contributed by atoms with Gasteiger partial charge in [0.2, 0.25) is 0 Å². The van der Waals surface area contributed by atoms with Crippen molar-refractivity contribution in [3.63, 3.8) is 0 Å². The zero-order valence-corrected chi connectivity index (χ0v) is 17.6. The van der Waals surface area contributed by atoms with Gasteiger partial charge in [0.25, 0.3) is 5.91 Å². The molecule has 1 aromatic heterocycles. The van der Waals surface area contributed by atoms with Crippen LogP contribution in [0.25, 0.3) is 10.9 Å². The van der Waals surface area contributed by atoms with Crippen molar-refractivity contribution >= 4 is 16.8 Å². The topological polar surface area (TPSA) is 75.0 Å². The summed E-state index contributed by atoms with van der Waals surface area (Å²) in [6.45, 7) is 3.96. The maximum atomic E-state index is 13.8. The minimum Gasteiger partial charge on any atom is -0.456 e. The van der Waals surface area contributed by atoms with Gasteiger partial charge in [-0.3, -0.25) is 9.78 Å². The van der Waals surface area contributed by atoms with Crippen LogP contribution >= 0.6 is 0 Å². The maximum absolute atomic E-state index is 13.8. The Morgan fingerprint density at radius 2 is 1.94 bits per heavy atom. The molecule has 0 aliphatic carbocycles. The van der Waals surface area contributed by atoms with Crippen LogP contribution in [-0.2, 0) is 6.54 Å². The number of aromatic nitrogens is 1. The Kier molecular flexibility index (Phi) is 5.82. The number of carbonyl (C=O) groups is 1. The Hall–Kier alpha value is -4.24. The molecule has 0 unspecified atom stereocenters. The van der Waals surface area contributed by atoms with E-state index < -0.39 is 5.82 Å². The molecule has 5 nitrogen and oxygen atoms in total.